The molecule has 0 aliphatic carbocycles. The molecule has 1 amide bonds. The lowest BCUT2D eigenvalue weighted by Gasteiger charge is -2.16. The molecule has 5 heteroatoms. The standard InChI is InChI=1S/C14H16N2O3/c15-7-12-3-1-2-4-13(12)19-10-14(18)16-6-5-11(8-16)9-17/h1-4,11,17H,5-6,8-10H2. The van der Waals surface area contributed by atoms with Crippen molar-refractivity contribution in [1.29, 1.82) is 5.26 Å². The van der Waals surface area contributed by atoms with Crippen LogP contribution in [-0.2, 0) is 4.79 Å². The number of aliphatic hydroxyl groups excluding tert-OH is 1. The largest absolute Gasteiger partial charge is 0.482 e. The third kappa shape index (κ3) is 3.24. The number of nitriles is 1. The number of nitrogens with zero attached hydrogens (tertiary/aromatic N) is 2. The second kappa shape index (κ2) is 6.21. The second-order valence-electron chi connectivity index (χ2n) is 4.57. The maximum atomic E-state index is 11.9. The molecule has 1 aromatic carbocycles. The average Bonchev–Trinajstić information content (AvgIpc) is 2.94. The summed E-state index contributed by atoms with van der Waals surface area (Å²) in [5, 5.41) is 17.9. The lowest BCUT2D eigenvalue weighted by molar-refractivity contribution is -0.132. The van der Waals surface area contributed by atoms with E-state index in [1.807, 2.05) is 6.07 Å². The van der Waals surface area contributed by atoms with Crippen LogP contribution in [0.15, 0.2) is 24.3 Å². The summed E-state index contributed by atoms with van der Waals surface area (Å²) >= 11 is 0. The molecule has 1 N–H and O–H groups in total. The molecule has 1 fully saturated rings. The van der Waals surface area contributed by atoms with Gasteiger partial charge in [-0.3, -0.25) is 4.79 Å². The molecule has 1 aromatic rings. The van der Waals surface area contributed by atoms with E-state index in [4.69, 9.17) is 15.1 Å². The fourth-order valence-corrected chi connectivity index (χ4v) is 2.12. The number of hydrogen-bond acceptors (Lipinski definition) is 4. The second-order valence-corrected chi connectivity index (χ2v) is 4.57. The highest BCUT2D eigenvalue weighted by Crippen LogP contribution is 2.18. The Hall–Kier alpha value is -2.06. The molecule has 2 rings (SSSR count). The van der Waals surface area contributed by atoms with Crippen LogP contribution in [0, 0.1) is 17.2 Å². The fraction of sp³-hybridized carbons (Fsp3) is 0.429. The minimum atomic E-state index is -0.108. The zero-order valence-electron chi connectivity index (χ0n) is 10.6. The smallest absolute Gasteiger partial charge is 0.260 e. The Labute approximate surface area is 112 Å². The van der Waals surface area contributed by atoms with Crippen LogP contribution in [0.5, 0.6) is 5.75 Å². The van der Waals surface area contributed by atoms with E-state index >= 15 is 0 Å². The van der Waals surface area contributed by atoms with Gasteiger partial charge in [0.25, 0.3) is 5.91 Å². The van der Waals surface area contributed by atoms with E-state index in [2.05, 4.69) is 0 Å². The lowest BCUT2D eigenvalue weighted by atomic mass is 10.1. The normalized spacial score (nSPS) is 18.1. The van der Waals surface area contributed by atoms with Crippen LogP contribution in [0.25, 0.3) is 0 Å². The topological polar surface area (TPSA) is 73.6 Å². The molecule has 0 radical (unpaired) electrons. The molecule has 1 aliphatic heterocycles. The highest BCUT2D eigenvalue weighted by molar-refractivity contribution is 5.78. The predicted molar refractivity (Wildman–Crippen MR) is 68.4 cm³/mol. The molecular formula is C14H16N2O3. The SMILES string of the molecule is N#Cc1ccccc1OCC(=O)N1CCC(CO)C1. The van der Waals surface area contributed by atoms with Crippen LogP contribution in [0.2, 0.25) is 0 Å². The first-order chi connectivity index (χ1) is 9.24. The minimum Gasteiger partial charge on any atom is -0.482 e. The monoisotopic (exact) mass is 260 g/mol. The molecule has 0 bridgehead atoms. The van der Waals surface area contributed by atoms with Crippen LogP contribution in [-0.4, -0.2) is 42.2 Å². The number of para-hydroxylation sites is 1. The summed E-state index contributed by atoms with van der Waals surface area (Å²) in [5.41, 5.74) is 0.421. The highest BCUT2D eigenvalue weighted by atomic mass is 16.5. The van der Waals surface area contributed by atoms with Crippen LogP contribution in [0.4, 0.5) is 0 Å². The Balaban J connectivity index is 1.89. The molecule has 1 heterocycles. The zero-order chi connectivity index (χ0) is 13.7. The van der Waals surface area contributed by atoms with Crippen LogP contribution in [0.3, 0.4) is 0 Å². The number of carbonyl (C=O) groups is 1. The van der Waals surface area contributed by atoms with E-state index in [0.717, 1.165) is 6.42 Å². The van der Waals surface area contributed by atoms with Crippen molar-refractivity contribution in [2.45, 2.75) is 6.42 Å². The van der Waals surface area contributed by atoms with Gasteiger partial charge in [0.15, 0.2) is 6.61 Å². The van der Waals surface area contributed by atoms with E-state index in [1.165, 1.54) is 0 Å². The maximum absolute atomic E-state index is 11.9. The number of aliphatic hydroxyl groups is 1. The Morgan fingerprint density at radius 3 is 3.00 bits per heavy atom. The first kappa shape index (κ1) is 13.4. The summed E-state index contributed by atoms with van der Waals surface area (Å²) in [6.45, 7) is 1.28. The molecule has 1 saturated heterocycles. The molecule has 5 nitrogen and oxygen atoms in total. The number of benzene rings is 1. The Kier molecular flexibility index (Phi) is 4.37. The van der Waals surface area contributed by atoms with Crippen LogP contribution < -0.4 is 4.74 Å². The van der Waals surface area contributed by atoms with E-state index in [0.29, 0.717) is 24.4 Å². The number of ether oxygens (including phenoxy) is 1. The van der Waals surface area contributed by atoms with Crippen molar-refractivity contribution in [2.24, 2.45) is 5.92 Å². The number of amides is 1. The average molecular weight is 260 g/mol. The van der Waals surface area contributed by atoms with E-state index in [1.54, 1.807) is 29.2 Å². The number of hydrogen-bond donors (Lipinski definition) is 1. The van der Waals surface area contributed by atoms with Gasteiger partial charge in [0.05, 0.1) is 5.56 Å². The maximum Gasteiger partial charge on any atom is 0.260 e. The summed E-state index contributed by atoms with van der Waals surface area (Å²) in [4.78, 5) is 13.6. The number of likely N-dealkylation sites (tertiary alicyclic amines) is 1. The number of carbonyl (C=O) groups excluding carboxylic acids is 1. The van der Waals surface area contributed by atoms with Gasteiger partial charge in [0, 0.05) is 25.6 Å². The van der Waals surface area contributed by atoms with Crippen LogP contribution >= 0.6 is 0 Å². The summed E-state index contributed by atoms with van der Waals surface area (Å²) in [7, 11) is 0. The first-order valence-electron chi connectivity index (χ1n) is 6.25. The van der Waals surface area contributed by atoms with Gasteiger partial charge in [-0.05, 0) is 18.6 Å². The lowest BCUT2D eigenvalue weighted by Crippen LogP contribution is -2.33. The van der Waals surface area contributed by atoms with E-state index in [9.17, 15) is 4.79 Å². The van der Waals surface area contributed by atoms with Gasteiger partial charge in [-0.2, -0.15) is 5.26 Å². The predicted octanol–water partition coefficient (Wildman–Crippen LogP) is 0.778. The van der Waals surface area contributed by atoms with Crippen molar-refractivity contribution in [3.05, 3.63) is 29.8 Å². The Morgan fingerprint density at radius 1 is 1.53 bits per heavy atom. The number of rotatable bonds is 4. The molecule has 1 aliphatic rings. The van der Waals surface area contributed by atoms with Gasteiger partial charge in [-0.15, -0.1) is 0 Å². The first-order valence-corrected chi connectivity index (χ1v) is 6.25. The van der Waals surface area contributed by atoms with Crippen molar-refractivity contribution in [3.8, 4) is 11.8 Å². The molecule has 0 spiro atoms. The van der Waals surface area contributed by atoms with Crippen LogP contribution in [0.1, 0.15) is 12.0 Å². The van der Waals surface area contributed by atoms with Gasteiger partial charge < -0.3 is 14.7 Å². The van der Waals surface area contributed by atoms with Gasteiger partial charge >= 0.3 is 0 Å². The van der Waals surface area contributed by atoms with Crippen molar-refractivity contribution < 1.29 is 14.6 Å². The molecule has 0 aromatic heterocycles. The minimum absolute atomic E-state index is 0.0726. The van der Waals surface area contributed by atoms with Crippen molar-refractivity contribution in [3.63, 3.8) is 0 Å². The zero-order valence-corrected chi connectivity index (χ0v) is 10.6. The summed E-state index contributed by atoms with van der Waals surface area (Å²) in [5.74, 6) is 0.496. The fourth-order valence-electron chi connectivity index (χ4n) is 2.12. The molecule has 100 valence electrons. The van der Waals surface area contributed by atoms with Gasteiger partial charge in [-0.25, -0.2) is 0 Å². The molecular weight excluding hydrogens is 244 g/mol. The Bertz CT molecular complexity index is 496. The molecule has 1 unspecified atom stereocenters. The van der Waals surface area contributed by atoms with E-state index in [-0.39, 0.29) is 25.0 Å². The molecule has 0 saturated carbocycles. The van der Waals surface area contributed by atoms with Crippen molar-refractivity contribution in [1.82, 2.24) is 4.90 Å². The van der Waals surface area contributed by atoms with Gasteiger partial charge in [0.2, 0.25) is 0 Å². The van der Waals surface area contributed by atoms with Gasteiger partial charge in [0.1, 0.15) is 11.8 Å². The Morgan fingerprint density at radius 2 is 2.32 bits per heavy atom. The summed E-state index contributed by atoms with van der Waals surface area (Å²) in [6.07, 6.45) is 0.830. The summed E-state index contributed by atoms with van der Waals surface area (Å²) in [6, 6.07) is 8.86. The van der Waals surface area contributed by atoms with E-state index < -0.39 is 0 Å². The highest BCUT2D eigenvalue weighted by Gasteiger charge is 2.25. The molecule has 1 atom stereocenters. The third-order valence-corrected chi connectivity index (χ3v) is 3.26. The summed E-state index contributed by atoms with van der Waals surface area (Å²) < 4.78 is 5.39. The third-order valence-electron chi connectivity index (χ3n) is 3.26. The molecule has 19 heavy (non-hydrogen) atoms. The quantitative estimate of drug-likeness (QED) is 0.868. The van der Waals surface area contributed by atoms with Crippen molar-refractivity contribution >= 4 is 5.91 Å². The van der Waals surface area contributed by atoms with Gasteiger partial charge in [-0.1, -0.05) is 12.1 Å². The van der Waals surface area contributed by atoms with Crippen molar-refractivity contribution in [2.75, 3.05) is 26.3 Å².